The molecule has 0 fully saturated rings. The highest BCUT2D eigenvalue weighted by atomic mass is 16.5. The van der Waals surface area contributed by atoms with Crippen molar-refractivity contribution in [2.24, 2.45) is 5.92 Å². The van der Waals surface area contributed by atoms with Crippen LogP contribution in [0.1, 0.15) is 26.3 Å². The predicted octanol–water partition coefficient (Wildman–Crippen LogP) is 2.41. The van der Waals surface area contributed by atoms with Crippen LogP contribution in [-0.4, -0.2) is 23.9 Å². The van der Waals surface area contributed by atoms with E-state index in [-0.39, 0.29) is 18.1 Å². The van der Waals surface area contributed by atoms with Gasteiger partial charge in [0.05, 0.1) is 6.61 Å². The third kappa shape index (κ3) is 2.72. The Kier molecular flexibility index (Phi) is 3.29. The molecule has 0 saturated carbocycles. The van der Waals surface area contributed by atoms with E-state index in [1.807, 2.05) is 25.1 Å². The second-order valence-electron chi connectivity index (χ2n) is 5.37. The summed E-state index contributed by atoms with van der Waals surface area (Å²) in [6, 6.07) is 5.89. The molecule has 1 aromatic carbocycles. The minimum atomic E-state index is -0.148. The van der Waals surface area contributed by atoms with E-state index in [1.165, 1.54) is 0 Å². The Bertz CT molecular complexity index is 398. The lowest BCUT2D eigenvalue weighted by Crippen LogP contribution is -2.24. The summed E-state index contributed by atoms with van der Waals surface area (Å²) in [7, 11) is 0. The summed E-state index contributed by atoms with van der Waals surface area (Å²) in [5, 5.41) is 8.98. The summed E-state index contributed by atoms with van der Waals surface area (Å²) < 4.78 is 11.6. The van der Waals surface area contributed by atoms with Gasteiger partial charge >= 0.3 is 0 Å². The van der Waals surface area contributed by atoms with Gasteiger partial charge in [0.15, 0.2) is 0 Å². The Labute approximate surface area is 102 Å². The van der Waals surface area contributed by atoms with Gasteiger partial charge in [0.25, 0.3) is 0 Å². The minimum Gasteiger partial charge on any atom is -0.493 e. The summed E-state index contributed by atoms with van der Waals surface area (Å²) in [6.07, 6.45) is 0.867. The molecule has 1 aliphatic heterocycles. The minimum absolute atomic E-state index is 0.148. The van der Waals surface area contributed by atoms with Crippen LogP contribution in [0.15, 0.2) is 18.2 Å². The van der Waals surface area contributed by atoms with Crippen LogP contribution in [0.4, 0.5) is 0 Å². The molecule has 0 aliphatic carbocycles. The molecule has 2 rings (SSSR count). The van der Waals surface area contributed by atoms with Crippen molar-refractivity contribution in [2.45, 2.75) is 32.8 Å². The number of aliphatic hydroxyl groups excluding tert-OH is 1. The van der Waals surface area contributed by atoms with Crippen molar-refractivity contribution in [2.75, 3.05) is 13.2 Å². The van der Waals surface area contributed by atoms with Gasteiger partial charge in [-0.15, -0.1) is 0 Å². The zero-order chi connectivity index (χ0) is 12.5. The fraction of sp³-hybridized carbons (Fsp3) is 0.571. The topological polar surface area (TPSA) is 38.7 Å². The van der Waals surface area contributed by atoms with Crippen LogP contribution in [0.2, 0.25) is 0 Å². The molecule has 0 saturated heterocycles. The number of hydrogen-bond acceptors (Lipinski definition) is 3. The van der Waals surface area contributed by atoms with Crippen molar-refractivity contribution in [1.29, 1.82) is 0 Å². The maximum absolute atomic E-state index is 8.98. The Morgan fingerprint density at radius 1 is 1.47 bits per heavy atom. The molecule has 1 atom stereocenters. The third-order valence-electron chi connectivity index (χ3n) is 2.91. The van der Waals surface area contributed by atoms with E-state index in [0.717, 1.165) is 23.5 Å². The molecule has 1 heterocycles. The molecule has 3 heteroatoms. The molecule has 0 radical (unpaired) electrons. The van der Waals surface area contributed by atoms with Crippen molar-refractivity contribution in [3.05, 3.63) is 23.8 Å². The first-order valence-corrected chi connectivity index (χ1v) is 6.06. The van der Waals surface area contributed by atoms with E-state index in [9.17, 15) is 0 Å². The zero-order valence-corrected chi connectivity index (χ0v) is 10.7. The second kappa shape index (κ2) is 4.57. The lowest BCUT2D eigenvalue weighted by molar-refractivity contribution is 0.138. The van der Waals surface area contributed by atoms with Gasteiger partial charge in [-0.3, -0.25) is 0 Å². The van der Waals surface area contributed by atoms with Crippen molar-refractivity contribution in [1.82, 2.24) is 0 Å². The van der Waals surface area contributed by atoms with Crippen molar-refractivity contribution < 1.29 is 14.6 Å². The van der Waals surface area contributed by atoms with Crippen molar-refractivity contribution in [3.63, 3.8) is 0 Å². The predicted molar refractivity (Wildman–Crippen MR) is 66.6 cm³/mol. The summed E-state index contributed by atoms with van der Waals surface area (Å²) in [6.45, 7) is 6.80. The number of rotatable bonds is 4. The average Bonchev–Trinajstić information content (AvgIpc) is 2.60. The Morgan fingerprint density at radius 3 is 2.94 bits per heavy atom. The van der Waals surface area contributed by atoms with Gasteiger partial charge in [-0.2, -0.15) is 0 Å². The molecule has 1 aromatic rings. The lowest BCUT2D eigenvalue weighted by atomic mass is 10.0. The van der Waals surface area contributed by atoms with E-state index in [4.69, 9.17) is 14.6 Å². The highest BCUT2D eigenvalue weighted by molar-refractivity contribution is 5.48. The molecule has 0 spiro atoms. The molecule has 94 valence electrons. The number of fused-ring (bicyclic) bond motifs is 1. The van der Waals surface area contributed by atoms with Gasteiger partial charge in [0, 0.05) is 24.5 Å². The van der Waals surface area contributed by atoms with Crippen LogP contribution in [0.5, 0.6) is 11.5 Å². The largest absolute Gasteiger partial charge is 0.493 e. The lowest BCUT2D eigenvalue weighted by Gasteiger charge is -2.16. The van der Waals surface area contributed by atoms with Gasteiger partial charge in [-0.05, 0) is 26.0 Å². The van der Waals surface area contributed by atoms with Crippen LogP contribution < -0.4 is 9.47 Å². The first-order valence-electron chi connectivity index (χ1n) is 6.06. The highest BCUT2D eigenvalue weighted by Crippen LogP contribution is 2.40. The van der Waals surface area contributed by atoms with Crippen LogP contribution >= 0.6 is 0 Å². The zero-order valence-electron chi connectivity index (χ0n) is 10.7. The monoisotopic (exact) mass is 236 g/mol. The van der Waals surface area contributed by atoms with Crippen LogP contribution in [0.3, 0.4) is 0 Å². The Hall–Kier alpha value is -1.22. The van der Waals surface area contributed by atoms with Gasteiger partial charge < -0.3 is 14.6 Å². The summed E-state index contributed by atoms with van der Waals surface area (Å²) in [5.74, 6) is 1.96. The fourth-order valence-corrected chi connectivity index (χ4v) is 1.99. The van der Waals surface area contributed by atoms with Crippen LogP contribution in [-0.2, 0) is 6.42 Å². The quantitative estimate of drug-likeness (QED) is 0.872. The van der Waals surface area contributed by atoms with E-state index in [1.54, 1.807) is 0 Å². The van der Waals surface area contributed by atoms with E-state index < -0.39 is 0 Å². The molecular weight excluding hydrogens is 216 g/mol. The first-order chi connectivity index (χ1) is 8.02. The summed E-state index contributed by atoms with van der Waals surface area (Å²) in [4.78, 5) is 0. The van der Waals surface area contributed by atoms with E-state index in [0.29, 0.717) is 6.61 Å². The molecule has 0 bridgehead atoms. The van der Waals surface area contributed by atoms with Crippen molar-refractivity contribution >= 4 is 0 Å². The van der Waals surface area contributed by atoms with Crippen LogP contribution in [0, 0.1) is 5.92 Å². The molecule has 1 aliphatic rings. The normalized spacial score (nSPS) is 18.4. The third-order valence-corrected chi connectivity index (χ3v) is 2.91. The molecule has 17 heavy (non-hydrogen) atoms. The Balaban J connectivity index is 2.13. The number of aliphatic hydroxyl groups is 1. The van der Waals surface area contributed by atoms with Crippen molar-refractivity contribution in [3.8, 4) is 11.5 Å². The molecule has 0 amide bonds. The Morgan fingerprint density at radius 2 is 2.24 bits per heavy atom. The maximum Gasteiger partial charge on any atom is 0.127 e. The number of hydrogen-bond donors (Lipinski definition) is 1. The van der Waals surface area contributed by atoms with Gasteiger partial charge in [0.2, 0.25) is 0 Å². The van der Waals surface area contributed by atoms with Gasteiger partial charge in [-0.25, -0.2) is 0 Å². The average molecular weight is 236 g/mol. The molecular formula is C14H20O3. The molecule has 3 nitrogen and oxygen atoms in total. The SMILES string of the molecule is C[C@@H](CO)COc1cccc2c1CC(C)(C)O2. The standard InChI is InChI=1S/C14H20O3/c1-10(8-15)9-16-12-5-4-6-13-11(12)7-14(2,3)17-13/h4-6,10,15H,7-9H2,1-3H3/t10-/m0/s1. The van der Waals surface area contributed by atoms with Gasteiger partial charge in [0.1, 0.15) is 17.1 Å². The number of benzene rings is 1. The maximum atomic E-state index is 8.98. The van der Waals surface area contributed by atoms with Gasteiger partial charge in [-0.1, -0.05) is 13.0 Å². The molecule has 0 aromatic heterocycles. The highest BCUT2D eigenvalue weighted by Gasteiger charge is 2.32. The van der Waals surface area contributed by atoms with E-state index in [2.05, 4.69) is 13.8 Å². The summed E-state index contributed by atoms with van der Waals surface area (Å²) >= 11 is 0. The number of ether oxygens (including phenoxy) is 2. The fourth-order valence-electron chi connectivity index (χ4n) is 1.99. The second-order valence-corrected chi connectivity index (χ2v) is 5.37. The van der Waals surface area contributed by atoms with Crippen LogP contribution in [0.25, 0.3) is 0 Å². The molecule has 0 unspecified atom stereocenters. The summed E-state index contributed by atoms with van der Waals surface area (Å²) in [5.41, 5.74) is 0.993. The first kappa shape index (κ1) is 12.2. The molecule has 1 N–H and O–H groups in total. The van der Waals surface area contributed by atoms with E-state index >= 15 is 0 Å². The smallest absolute Gasteiger partial charge is 0.127 e.